The van der Waals surface area contributed by atoms with Gasteiger partial charge in [-0.05, 0) is 43.2 Å². The zero-order valence-corrected chi connectivity index (χ0v) is 18.3. The summed E-state index contributed by atoms with van der Waals surface area (Å²) in [6.07, 6.45) is 3.73. The van der Waals surface area contributed by atoms with E-state index >= 15 is 0 Å². The number of hydrogen-bond donors (Lipinski definition) is 1. The predicted molar refractivity (Wildman–Crippen MR) is 120 cm³/mol. The lowest BCUT2D eigenvalue weighted by Gasteiger charge is -2.29. The second kappa shape index (κ2) is 8.61. The van der Waals surface area contributed by atoms with Crippen molar-refractivity contribution in [1.29, 1.82) is 0 Å². The van der Waals surface area contributed by atoms with Crippen molar-refractivity contribution in [3.05, 3.63) is 56.4 Å². The minimum absolute atomic E-state index is 0.257. The standard InChI is InChI=1S/C21H21N3O4S2/c1-12-17-19(26)22-15(11-29-2)23-20(17)30-18(12)21(27)28-10-16(25)24-9-5-7-13-6-3-4-8-14(13)24/h3-4,6,8H,5,7,9-11H2,1-2H3,(H,22,23,26). The van der Waals surface area contributed by atoms with Gasteiger partial charge in [-0.2, -0.15) is 11.8 Å². The van der Waals surface area contributed by atoms with E-state index in [-0.39, 0.29) is 18.1 Å². The molecule has 1 N–H and O–H groups in total. The minimum atomic E-state index is -0.611. The van der Waals surface area contributed by atoms with E-state index in [9.17, 15) is 14.4 Å². The predicted octanol–water partition coefficient (Wildman–Crippen LogP) is 3.29. The number of carbonyl (C=O) groups excluding carboxylic acids is 2. The quantitative estimate of drug-likeness (QED) is 0.609. The molecule has 4 rings (SSSR count). The number of hydrogen-bond acceptors (Lipinski definition) is 7. The summed E-state index contributed by atoms with van der Waals surface area (Å²) in [4.78, 5) is 47.5. The van der Waals surface area contributed by atoms with E-state index in [1.807, 2.05) is 30.5 Å². The highest BCUT2D eigenvalue weighted by Crippen LogP contribution is 2.29. The Morgan fingerprint density at radius 3 is 2.93 bits per heavy atom. The molecule has 1 aromatic carbocycles. The van der Waals surface area contributed by atoms with E-state index in [4.69, 9.17) is 4.74 Å². The summed E-state index contributed by atoms with van der Waals surface area (Å²) < 4.78 is 5.32. The third-order valence-electron chi connectivity index (χ3n) is 5.05. The number of fused-ring (bicyclic) bond motifs is 2. The smallest absolute Gasteiger partial charge is 0.349 e. The fourth-order valence-electron chi connectivity index (χ4n) is 3.65. The number of benzene rings is 1. The Hall–Kier alpha value is -2.65. The van der Waals surface area contributed by atoms with E-state index in [0.29, 0.717) is 38.8 Å². The Labute approximate surface area is 181 Å². The molecular weight excluding hydrogens is 422 g/mol. The molecule has 0 fully saturated rings. The maximum absolute atomic E-state index is 12.7. The van der Waals surface area contributed by atoms with Crippen molar-refractivity contribution in [3.63, 3.8) is 0 Å². The molecule has 0 unspecified atom stereocenters. The van der Waals surface area contributed by atoms with Crippen molar-refractivity contribution in [2.75, 3.05) is 24.3 Å². The SMILES string of the molecule is CSCc1nc2sc(C(=O)OCC(=O)N3CCCc4ccccc43)c(C)c2c(=O)[nH]1. The van der Waals surface area contributed by atoms with Gasteiger partial charge in [0.25, 0.3) is 11.5 Å². The van der Waals surface area contributed by atoms with Crippen molar-refractivity contribution in [2.24, 2.45) is 0 Å². The number of nitrogens with zero attached hydrogens (tertiary/aromatic N) is 2. The van der Waals surface area contributed by atoms with Crippen LogP contribution in [0.4, 0.5) is 5.69 Å². The van der Waals surface area contributed by atoms with Crippen LogP contribution in [0.2, 0.25) is 0 Å². The number of nitrogens with one attached hydrogen (secondary N) is 1. The minimum Gasteiger partial charge on any atom is -0.451 e. The van der Waals surface area contributed by atoms with Crippen LogP contribution in [-0.2, 0) is 21.7 Å². The number of H-pyrrole nitrogens is 1. The lowest BCUT2D eigenvalue weighted by Crippen LogP contribution is -2.38. The number of carbonyl (C=O) groups is 2. The van der Waals surface area contributed by atoms with E-state index in [1.54, 1.807) is 23.6 Å². The first-order valence-corrected chi connectivity index (χ1v) is 11.8. The number of amides is 1. The fourth-order valence-corrected chi connectivity index (χ4v) is 5.16. The number of esters is 1. The van der Waals surface area contributed by atoms with Crippen molar-refractivity contribution in [1.82, 2.24) is 9.97 Å². The molecule has 0 saturated carbocycles. The van der Waals surface area contributed by atoms with Crippen molar-refractivity contribution in [3.8, 4) is 0 Å². The van der Waals surface area contributed by atoms with Crippen LogP contribution in [0.25, 0.3) is 10.2 Å². The normalized spacial score (nSPS) is 13.3. The lowest BCUT2D eigenvalue weighted by atomic mass is 10.0. The van der Waals surface area contributed by atoms with Crippen LogP contribution >= 0.6 is 23.1 Å². The highest BCUT2D eigenvalue weighted by molar-refractivity contribution is 7.97. The molecule has 30 heavy (non-hydrogen) atoms. The van der Waals surface area contributed by atoms with Gasteiger partial charge in [0.2, 0.25) is 0 Å². The summed E-state index contributed by atoms with van der Waals surface area (Å²) in [5, 5.41) is 0.396. The van der Waals surface area contributed by atoms with Crippen LogP contribution in [0.15, 0.2) is 29.1 Å². The summed E-state index contributed by atoms with van der Waals surface area (Å²) in [5.41, 5.74) is 2.26. The molecule has 1 aliphatic rings. The Kier molecular flexibility index (Phi) is 5.92. The van der Waals surface area contributed by atoms with Crippen molar-refractivity contribution < 1.29 is 14.3 Å². The number of thioether (sulfide) groups is 1. The molecule has 0 bridgehead atoms. The van der Waals surface area contributed by atoms with E-state index < -0.39 is 5.97 Å². The van der Waals surface area contributed by atoms with E-state index in [2.05, 4.69) is 9.97 Å². The highest BCUT2D eigenvalue weighted by atomic mass is 32.2. The van der Waals surface area contributed by atoms with Crippen LogP contribution in [0.1, 0.15) is 33.0 Å². The molecular formula is C21H21N3O4S2. The van der Waals surface area contributed by atoms with Crippen LogP contribution in [0, 0.1) is 6.92 Å². The van der Waals surface area contributed by atoms with Gasteiger partial charge >= 0.3 is 5.97 Å². The van der Waals surface area contributed by atoms with E-state index in [1.165, 1.54) is 0 Å². The van der Waals surface area contributed by atoms with Gasteiger partial charge < -0.3 is 14.6 Å². The summed E-state index contributed by atoms with van der Waals surface area (Å²) in [5.74, 6) is 0.279. The zero-order chi connectivity index (χ0) is 21.3. The number of para-hydroxylation sites is 1. The van der Waals surface area contributed by atoms with Gasteiger partial charge in [-0.3, -0.25) is 9.59 Å². The maximum atomic E-state index is 12.7. The summed E-state index contributed by atoms with van der Waals surface area (Å²) in [6.45, 7) is 1.96. The molecule has 3 aromatic rings. The van der Waals surface area contributed by atoms with Crippen molar-refractivity contribution >= 4 is 50.9 Å². The highest BCUT2D eigenvalue weighted by Gasteiger charge is 2.25. The van der Waals surface area contributed by atoms with Gasteiger partial charge in [0.05, 0.1) is 11.1 Å². The Morgan fingerprint density at radius 1 is 1.33 bits per heavy atom. The van der Waals surface area contributed by atoms with Crippen LogP contribution < -0.4 is 10.5 Å². The monoisotopic (exact) mass is 443 g/mol. The Bertz CT molecular complexity index is 1180. The van der Waals surface area contributed by atoms with Gasteiger partial charge in [-0.25, -0.2) is 9.78 Å². The third-order valence-corrected chi connectivity index (χ3v) is 6.78. The molecule has 9 heteroatoms. The molecule has 0 aliphatic carbocycles. The van der Waals surface area contributed by atoms with Crippen molar-refractivity contribution in [2.45, 2.75) is 25.5 Å². The number of anilines is 1. The topological polar surface area (TPSA) is 92.4 Å². The van der Waals surface area contributed by atoms with Crippen LogP contribution in [0.3, 0.4) is 0 Å². The average molecular weight is 444 g/mol. The number of aromatic nitrogens is 2. The van der Waals surface area contributed by atoms with Gasteiger partial charge in [-0.15, -0.1) is 11.3 Å². The third kappa shape index (κ3) is 3.87. The number of rotatable bonds is 5. The molecule has 1 amide bonds. The molecule has 0 radical (unpaired) electrons. The van der Waals surface area contributed by atoms with Gasteiger partial charge in [0.1, 0.15) is 15.5 Å². The van der Waals surface area contributed by atoms with Crippen LogP contribution in [0.5, 0.6) is 0 Å². The molecule has 0 saturated heterocycles. The summed E-state index contributed by atoms with van der Waals surface area (Å²) in [7, 11) is 0. The second-order valence-corrected chi connectivity index (χ2v) is 8.90. The first-order valence-electron chi connectivity index (χ1n) is 9.56. The summed E-state index contributed by atoms with van der Waals surface area (Å²) in [6, 6.07) is 7.77. The largest absolute Gasteiger partial charge is 0.451 e. The van der Waals surface area contributed by atoms with Gasteiger partial charge in [0.15, 0.2) is 6.61 Å². The lowest BCUT2D eigenvalue weighted by molar-refractivity contribution is -0.121. The maximum Gasteiger partial charge on any atom is 0.349 e. The Balaban J connectivity index is 1.51. The molecule has 2 aromatic heterocycles. The van der Waals surface area contributed by atoms with Crippen LogP contribution in [-0.4, -0.2) is 41.3 Å². The molecule has 7 nitrogen and oxygen atoms in total. The Morgan fingerprint density at radius 2 is 2.13 bits per heavy atom. The van der Waals surface area contributed by atoms with E-state index in [0.717, 1.165) is 35.4 Å². The first-order chi connectivity index (χ1) is 14.5. The second-order valence-electron chi connectivity index (χ2n) is 7.04. The van der Waals surface area contributed by atoms with Gasteiger partial charge in [0, 0.05) is 12.2 Å². The zero-order valence-electron chi connectivity index (χ0n) is 16.7. The summed E-state index contributed by atoms with van der Waals surface area (Å²) >= 11 is 2.67. The number of ether oxygens (including phenoxy) is 1. The number of aryl methyl sites for hydroxylation is 2. The number of aromatic amines is 1. The number of thiophene rings is 1. The molecule has 0 atom stereocenters. The first kappa shape index (κ1) is 20.6. The molecule has 156 valence electrons. The molecule has 0 spiro atoms. The molecule has 3 heterocycles. The fraction of sp³-hybridized carbons (Fsp3) is 0.333. The average Bonchev–Trinajstić information content (AvgIpc) is 3.08. The van der Waals surface area contributed by atoms with Gasteiger partial charge in [-0.1, -0.05) is 18.2 Å². The molecule has 1 aliphatic heterocycles.